The van der Waals surface area contributed by atoms with Crippen LogP contribution in [0, 0.1) is 6.92 Å². The maximum absolute atomic E-state index is 12.7. The number of hydrogen-bond acceptors (Lipinski definition) is 3. The SMILES string of the molecule is Cc1ccc(S(=O)(=O)[C@@H](NC(=O)c2ccc(Br)cc2)C(Cl)Cl)cc1. The van der Waals surface area contributed by atoms with E-state index in [0.717, 1.165) is 10.0 Å². The molecule has 0 spiro atoms. The lowest BCUT2D eigenvalue weighted by molar-refractivity contribution is 0.0949. The molecule has 2 rings (SSSR count). The molecule has 24 heavy (non-hydrogen) atoms. The highest BCUT2D eigenvalue weighted by molar-refractivity contribution is 9.10. The van der Waals surface area contributed by atoms with E-state index in [1.807, 2.05) is 6.92 Å². The van der Waals surface area contributed by atoms with Gasteiger partial charge in [0.2, 0.25) is 9.84 Å². The Hall–Kier alpha value is -1.08. The maximum Gasteiger partial charge on any atom is 0.252 e. The smallest absolute Gasteiger partial charge is 0.252 e. The molecule has 0 saturated carbocycles. The molecule has 1 atom stereocenters. The summed E-state index contributed by atoms with van der Waals surface area (Å²) < 4.78 is 26.2. The van der Waals surface area contributed by atoms with E-state index in [1.165, 1.54) is 12.1 Å². The lowest BCUT2D eigenvalue weighted by Gasteiger charge is -2.20. The molecule has 8 heteroatoms. The zero-order chi connectivity index (χ0) is 17.9. The second-order valence-electron chi connectivity index (χ2n) is 5.09. The molecule has 4 nitrogen and oxygen atoms in total. The summed E-state index contributed by atoms with van der Waals surface area (Å²) in [6.45, 7) is 1.84. The van der Waals surface area contributed by atoms with Crippen molar-refractivity contribution in [2.24, 2.45) is 0 Å². The standard InChI is InChI=1S/C16H14BrCl2NO3S/c1-10-2-8-13(9-3-10)24(22,23)16(14(18)19)20-15(21)11-4-6-12(17)7-5-11/h2-9,14,16H,1H3,(H,20,21)/t16-/m1/s1. The number of rotatable bonds is 5. The Kier molecular flexibility index (Phi) is 6.31. The van der Waals surface area contributed by atoms with Crippen LogP contribution in [-0.4, -0.2) is 24.5 Å². The first kappa shape index (κ1) is 19.2. The van der Waals surface area contributed by atoms with Crippen molar-refractivity contribution in [2.45, 2.75) is 22.0 Å². The summed E-state index contributed by atoms with van der Waals surface area (Å²) in [7, 11) is -3.93. The van der Waals surface area contributed by atoms with Crippen LogP contribution in [0.5, 0.6) is 0 Å². The minimum Gasteiger partial charge on any atom is -0.333 e. The van der Waals surface area contributed by atoms with E-state index in [-0.39, 0.29) is 4.90 Å². The molecule has 1 amide bonds. The Bertz CT molecular complexity index is 821. The molecule has 0 aliphatic heterocycles. The molecule has 0 aliphatic carbocycles. The second kappa shape index (κ2) is 7.87. The summed E-state index contributed by atoms with van der Waals surface area (Å²) in [6, 6.07) is 12.7. The van der Waals surface area contributed by atoms with E-state index in [9.17, 15) is 13.2 Å². The van der Waals surface area contributed by atoms with Crippen molar-refractivity contribution in [3.8, 4) is 0 Å². The average molecular weight is 451 g/mol. The van der Waals surface area contributed by atoms with Crippen LogP contribution < -0.4 is 5.32 Å². The summed E-state index contributed by atoms with van der Waals surface area (Å²) in [6.07, 6.45) is 0. The highest BCUT2D eigenvalue weighted by Gasteiger charge is 2.34. The van der Waals surface area contributed by atoms with Gasteiger partial charge in [-0.3, -0.25) is 4.79 Å². The molecule has 1 N–H and O–H groups in total. The van der Waals surface area contributed by atoms with Gasteiger partial charge in [-0.15, -0.1) is 23.2 Å². The molecular formula is C16H14BrCl2NO3S. The summed E-state index contributed by atoms with van der Waals surface area (Å²) in [4.78, 5) is 11.0. The number of carbonyl (C=O) groups excluding carboxylic acids is 1. The number of nitrogens with one attached hydrogen (secondary N) is 1. The molecule has 128 valence electrons. The third-order valence-corrected chi connectivity index (χ3v) is 6.61. The number of aryl methyl sites for hydroxylation is 1. The first-order valence-electron chi connectivity index (χ1n) is 6.87. The quantitative estimate of drug-likeness (QED) is 0.697. The maximum atomic E-state index is 12.7. The number of alkyl halides is 2. The number of sulfone groups is 1. The van der Waals surface area contributed by atoms with Gasteiger partial charge in [0, 0.05) is 10.0 Å². The van der Waals surface area contributed by atoms with Crippen LogP contribution >= 0.6 is 39.1 Å². The summed E-state index contributed by atoms with van der Waals surface area (Å²) in [5.41, 5.74) is 1.22. The molecule has 0 aliphatic rings. The van der Waals surface area contributed by atoms with Gasteiger partial charge in [-0.05, 0) is 43.3 Å². The van der Waals surface area contributed by atoms with Crippen molar-refractivity contribution in [3.05, 3.63) is 64.1 Å². The number of carbonyl (C=O) groups is 1. The van der Waals surface area contributed by atoms with Crippen molar-refractivity contribution < 1.29 is 13.2 Å². The zero-order valence-corrected chi connectivity index (χ0v) is 16.5. The molecule has 0 fully saturated rings. The molecule has 0 bridgehead atoms. The first-order chi connectivity index (χ1) is 11.2. The normalized spacial score (nSPS) is 12.9. The van der Waals surface area contributed by atoms with Crippen LogP contribution in [0.4, 0.5) is 0 Å². The fraction of sp³-hybridized carbons (Fsp3) is 0.188. The number of hydrogen-bond donors (Lipinski definition) is 1. The van der Waals surface area contributed by atoms with Crippen molar-refractivity contribution in [1.29, 1.82) is 0 Å². The number of halogens is 3. The Morgan fingerprint density at radius 3 is 2.08 bits per heavy atom. The first-order valence-corrected chi connectivity index (χ1v) is 10.1. The summed E-state index contributed by atoms with van der Waals surface area (Å²) >= 11 is 14.9. The molecule has 2 aromatic carbocycles. The molecule has 0 saturated heterocycles. The third kappa shape index (κ3) is 4.51. The van der Waals surface area contributed by atoms with Crippen molar-refractivity contribution in [1.82, 2.24) is 5.32 Å². The second-order valence-corrected chi connectivity index (χ2v) is 9.24. The number of amides is 1. The topological polar surface area (TPSA) is 63.2 Å². The Morgan fingerprint density at radius 2 is 1.58 bits per heavy atom. The third-order valence-electron chi connectivity index (χ3n) is 3.29. The van der Waals surface area contributed by atoms with E-state index in [0.29, 0.717) is 5.56 Å². The minimum atomic E-state index is -3.93. The van der Waals surface area contributed by atoms with Crippen LogP contribution in [0.25, 0.3) is 0 Å². The van der Waals surface area contributed by atoms with Gasteiger partial charge in [-0.1, -0.05) is 33.6 Å². The van der Waals surface area contributed by atoms with Gasteiger partial charge in [-0.2, -0.15) is 0 Å². The number of benzene rings is 2. The van der Waals surface area contributed by atoms with Crippen LogP contribution in [-0.2, 0) is 9.84 Å². The van der Waals surface area contributed by atoms with E-state index < -0.39 is 26.0 Å². The van der Waals surface area contributed by atoms with Crippen LogP contribution in [0.15, 0.2) is 57.9 Å². The van der Waals surface area contributed by atoms with Crippen LogP contribution in [0.2, 0.25) is 0 Å². The van der Waals surface area contributed by atoms with Gasteiger partial charge in [0.1, 0.15) is 4.84 Å². The minimum absolute atomic E-state index is 0.0421. The van der Waals surface area contributed by atoms with E-state index in [2.05, 4.69) is 21.2 Å². The Balaban J connectivity index is 2.30. The highest BCUT2D eigenvalue weighted by atomic mass is 79.9. The van der Waals surface area contributed by atoms with Crippen molar-refractivity contribution >= 4 is 54.9 Å². The predicted molar refractivity (Wildman–Crippen MR) is 99.3 cm³/mol. The monoisotopic (exact) mass is 449 g/mol. The van der Waals surface area contributed by atoms with Crippen molar-refractivity contribution in [3.63, 3.8) is 0 Å². The highest BCUT2D eigenvalue weighted by Crippen LogP contribution is 2.23. The molecule has 0 radical (unpaired) electrons. The van der Waals surface area contributed by atoms with E-state index >= 15 is 0 Å². The fourth-order valence-electron chi connectivity index (χ4n) is 1.96. The summed E-state index contributed by atoms with van der Waals surface area (Å²) in [5, 5.41) is 0.941. The van der Waals surface area contributed by atoms with E-state index in [4.69, 9.17) is 23.2 Å². The molecule has 0 unspecified atom stereocenters. The Morgan fingerprint density at radius 1 is 1.04 bits per heavy atom. The van der Waals surface area contributed by atoms with Gasteiger partial charge < -0.3 is 5.32 Å². The van der Waals surface area contributed by atoms with Gasteiger partial charge in [0.25, 0.3) is 5.91 Å². The lowest BCUT2D eigenvalue weighted by Crippen LogP contribution is -2.45. The van der Waals surface area contributed by atoms with Crippen LogP contribution in [0.3, 0.4) is 0 Å². The Labute approximate surface area is 159 Å². The van der Waals surface area contributed by atoms with E-state index in [1.54, 1.807) is 36.4 Å². The zero-order valence-electron chi connectivity index (χ0n) is 12.5. The predicted octanol–water partition coefficient (Wildman–Crippen LogP) is 4.09. The van der Waals surface area contributed by atoms with Crippen molar-refractivity contribution in [2.75, 3.05) is 0 Å². The van der Waals surface area contributed by atoms with Gasteiger partial charge in [0.05, 0.1) is 4.90 Å². The molecule has 0 heterocycles. The largest absolute Gasteiger partial charge is 0.333 e. The van der Waals surface area contributed by atoms with Gasteiger partial charge in [0.15, 0.2) is 5.37 Å². The van der Waals surface area contributed by atoms with Gasteiger partial charge in [-0.25, -0.2) is 8.42 Å². The summed E-state index contributed by atoms with van der Waals surface area (Å²) in [5.74, 6) is -0.575. The fourth-order valence-corrected chi connectivity index (χ4v) is 4.51. The molecular weight excluding hydrogens is 437 g/mol. The molecule has 0 aromatic heterocycles. The van der Waals surface area contributed by atoms with Gasteiger partial charge >= 0.3 is 0 Å². The molecule has 2 aromatic rings. The average Bonchev–Trinajstić information content (AvgIpc) is 2.53. The van der Waals surface area contributed by atoms with Crippen LogP contribution in [0.1, 0.15) is 15.9 Å². The lowest BCUT2D eigenvalue weighted by atomic mass is 10.2.